The molecular formula is C16H29ClO. The van der Waals surface area contributed by atoms with E-state index in [0.29, 0.717) is 22.8 Å². The van der Waals surface area contributed by atoms with Crippen LogP contribution in [0.15, 0.2) is 0 Å². The molecule has 2 heteroatoms. The number of rotatable bonds is 4. The van der Waals surface area contributed by atoms with E-state index in [1.165, 1.54) is 44.9 Å². The van der Waals surface area contributed by atoms with E-state index in [4.69, 9.17) is 16.3 Å². The van der Waals surface area contributed by atoms with Crippen LogP contribution in [0.3, 0.4) is 0 Å². The third-order valence-corrected chi connectivity index (χ3v) is 5.66. The zero-order chi connectivity index (χ0) is 13.2. The summed E-state index contributed by atoms with van der Waals surface area (Å²) in [6.45, 7) is 8.14. The highest BCUT2D eigenvalue weighted by Crippen LogP contribution is 2.45. The van der Waals surface area contributed by atoms with Crippen LogP contribution in [0.2, 0.25) is 0 Å². The first kappa shape index (κ1) is 14.7. The molecule has 4 unspecified atom stereocenters. The Labute approximate surface area is 118 Å². The second kappa shape index (κ2) is 6.13. The van der Waals surface area contributed by atoms with Crippen molar-refractivity contribution < 1.29 is 4.74 Å². The zero-order valence-electron chi connectivity index (χ0n) is 12.3. The van der Waals surface area contributed by atoms with E-state index in [-0.39, 0.29) is 0 Å². The summed E-state index contributed by atoms with van der Waals surface area (Å²) < 4.78 is 5.75. The Morgan fingerprint density at radius 1 is 1.22 bits per heavy atom. The van der Waals surface area contributed by atoms with E-state index in [1.807, 2.05) is 0 Å². The summed E-state index contributed by atoms with van der Waals surface area (Å²) in [5, 5.41) is 0.383. The van der Waals surface area contributed by atoms with Gasteiger partial charge in [-0.1, -0.05) is 27.2 Å². The van der Waals surface area contributed by atoms with Crippen LogP contribution in [-0.2, 0) is 4.74 Å². The lowest BCUT2D eigenvalue weighted by atomic mass is 9.66. The SMILES string of the molecule is CC1CCC(C(C)(C)CCC2CCCO2)C(Cl)C1. The number of hydrogen-bond acceptors (Lipinski definition) is 1. The minimum Gasteiger partial charge on any atom is -0.378 e. The second-order valence-electron chi connectivity index (χ2n) is 7.20. The molecular weight excluding hydrogens is 244 g/mol. The lowest BCUT2D eigenvalue weighted by Crippen LogP contribution is -2.36. The van der Waals surface area contributed by atoms with Crippen molar-refractivity contribution in [1.29, 1.82) is 0 Å². The summed E-state index contributed by atoms with van der Waals surface area (Å²) in [5.41, 5.74) is 0.374. The molecule has 1 aliphatic carbocycles. The molecule has 106 valence electrons. The minimum atomic E-state index is 0.374. The van der Waals surface area contributed by atoms with E-state index in [1.54, 1.807) is 0 Å². The number of hydrogen-bond donors (Lipinski definition) is 0. The second-order valence-corrected chi connectivity index (χ2v) is 7.76. The lowest BCUT2D eigenvalue weighted by Gasteiger charge is -2.42. The van der Waals surface area contributed by atoms with Crippen molar-refractivity contribution in [3.8, 4) is 0 Å². The van der Waals surface area contributed by atoms with Gasteiger partial charge < -0.3 is 4.74 Å². The molecule has 2 aliphatic rings. The molecule has 18 heavy (non-hydrogen) atoms. The van der Waals surface area contributed by atoms with Crippen molar-refractivity contribution in [2.24, 2.45) is 17.3 Å². The van der Waals surface area contributed by atoms with Crippen LogP contribution in [0.4, 0.5) is 0 Å². The molecule has 0 N–H and O–H groups in total. The molecule has 1 aliphatic heterocycles. The van der Waals surface area contributed by atoms with Crippen molar-refractivity contribution in [2.45, 2.75) is 77.2 Å². The highest BCUT2D eigenvalue weighted by atomic mass is 35.5. The van der Waals surface area contributed by atoms with Crippen LogP contribution in [-0.4, -0.2) is 18.1 Å². The number of ether oxygens (including phenoxy) is 1. The summed E-state index contributed by atoms with van der Waals surface area (Å²) in [7, 11) is 0. The van der Waals surface area contributed by atoms with Gasteiger partial charge in [0.15, 0.2) is 0 Å². The van der Waals surface area contributed by atoms with Crippen LogP contribution in [0.1, 0.15) is 65.7 Å². The summed E-state index contributed by atoms with van der Waals surface area (Å²) in [4.78, 5) is 0. The third-order valence-electron chi connectivity index (χ3n) is 5.17. The van der Waals surface area contributed by atoms with Crippen molar-refractivity contribution in [3.63, 3.8) is 0 Å². The summed E-state index contributed by atoms with van der Waals surface area (Å²) in [5.74, 6) is 1.51. The molecule has 0 spiro atoms. The van der Waals surface area contributed by atoms with Crippen molar-refractivity contribution in [3.05, 3.63) is 0 Å². The standard InChI is InChI=1S/C16H29ClO/c1-12-6-7-14(15(17)11-12)16(2,3)9-8-13-5-4-10-18-13/h12-15H,4-11H2,1-3H3. The van der Waals surface area contributed by atoms with Gasteiger partial charge in [0.25, 0.3) is 0 Å². The maximum absolute atomic E-state index is 6.63. The van der Waals surface area contributed by atoms with Gasteiger partial charge in [0.1, 0.15) is 0 Å². The Hall–Kier alpha value is 0.250. The molecule has 0 aromatic carbocycles. The molecule has 0 bridgehead atoms. The molecule has 0 amide bonds. The monoisotopic (exact) mass is 272 g/mol. The van der Waals surface area contributed by atoms with Crippen molar-refractivity contribution in [2.75, 3.05) is 6.61 Å². The molecule has 0 aromatic rings. The third kappa shape index (κ3) is 3.63. The van der Waals surface area contributed by atoms with Gasteiger partial charge in [0, 0.05) is 12.0 Å². The predicted molar refractivity (Wildman–Crippen MR) is 78.1 cm³/mol. The molecule has 1 nitrogen and oxygen atoms in total. The van der Waals surface area contributed by atoms with E-state index in [2.05, 4.69) is 20.8 Å². The average molecular weight is 273 g/mol. The van der Waals surface area contributed by atoms with Crippen LogP contribution < -0.4 is 0 Å². The minimum absolute atomic E-state index is 0.374. The quantitative estimate of drug-likeness (QED) is 0.653. The first-order valence-electron chi connectivity index (χ1n) is 7.74. The van der Waals surface area contributed by atoms with E-state index in [0.717, 1.165) is 12.5 Å². The van der Waals surface area contributed by atoms with Crippen LogP contribution in [0.25, 0.3) is 0 Å². The number of alkyl halides is 1. The smallest absolute Gasteiger partial charge is 0.0576 e. The van der Waals surface area contributed by atoms with E-state index in [9.17, 15) is 0 Å². The van der Waals surface area contributed by atoms with Gasteiger partial charge in [-0.3, -0.25) is 0 Å². The van der Waals surface area contributed by atoms with Crippen molar-refractivity contribution >= 4 is 11.6 Å². The van der Waals surface area contributed by atoms with Crippen LogP contribution >= 0.6 is 11.6 Å². The van der Waals surface area contributed by atoms with E-state index >= 15 is 0 Å². The van der Waals surface area contributed by atoms with Gasteiger partial charge in [-0.05, 0) is 55.8 Å². The molecule has 1 saturated carbocycles. The summed E-state index contributed by atoms with van der Waals surface area (Å²) in [6.07, 6.45) is 9.41. The zero-order valence-corrected chi connectivity index (χ0v) is 13.0. The fraction of sp³-hybridized carbons (Fsp3) is 1.00. The Morgan fingerprint density at radius 2 is 2.00 bits per heavy atom. The number of halogens is 1. The van der Waals surface area contributed by atoms with E-state index < -0.39 is 0 Å². The fourth-order valence-corrected chi connectivity index (χ4v) is 4.55. The molecule has 0 radical (unpaired) electrons. The first-order valence-corrected chi connectivity index (χ1v) is 8.18. The Morgan fingerprint density at radius 3 is 2.61 bits per heavy atom. The van der Waals surface area contributed by atoms with Gasteiger partial charge >= 0.3 is 0 Å². The summed E-state index contributed by atoms with van der Waals surface area (Å²) in [6, 6.07) is 0. The van der Waals surface area contributed by atoms with Crippen molar-refractivity contribution in [1.82, 2.24) is 0 Å². The maximum atomic E-state index is 6.63. The molecule has 1 heterocycles. The van der Waals surface area contributed by atoms with Gasteiger partial charge in [-0.25, -0.2) is 0 Å². The average Bonchev–Trinajstić information content (AvgIpc) is 2.78. The predicted octanol–water partition coefficient (Wildman–Crippen LogP) is 5.02. The normalized spacial score (nSPS) is 38.0. The summed E-state index contributed by atoms with van der Waals surface area (Å²) >= 11 is 6.63. The largest absolute Gasteiger partial charge is 0.378 e. The van der Waals surface area contributed by atoms with Gasteiger partial charge in [-0.2, -0.15) is 0 Å². The fourth-order valence-electron chi connectivity index (χ4n) is 3.78. The topological polar surface area (TPSA) is 9.23 Å². The molecule has 0 aromatic heterocycles. The first-order chi connectivity index (χ1) is 8.49. The Bertz CT molecular complexity index is 258. The Balaban J connectivity index is 1.84. The highest BCUT2D eigenvalue weighted by Gasteiger charge is 2.38. The van der Waals surface area contributed by atoms with Gasteiger partial charge in [0.05, 0.1) is 6.10 Å². The molecule has 2 fully saturated rings. The maximum Gasteiger partial charge on any atom is 0.0576 e. The van der Waals surface area contributed by atoms with Crippen LogP contribution in [0, 0.1) is 17.3 Å². The highest BCUT2D eigenvalue weighted by molar-refractivity contribution is 6.20. The molecule has 1 saturated heterocycles. The lowest BCUT2D eigenvalue weighted by molar-refractivity contribution is 0.0705. The molecule has 2 rings (SSSR count). The molecule has 4 atom stereocenters. The van der Waals surface area contributed by atoms with Gasteiger partial charge in [0.2, 0.25) is 0 Å². The van der Waals surface area contributed by atoms with Gasteiger partial charge in [-0.15, -0.1) is 11.6 Å². The Kier molecular flexibility index (Phi) is 4.99. The van der Waals surface area contributed by atoms with Crippen LogP contribution in [0.5, 0.6) is 0 Å².